The quantitative estimate of drug-likeness (QED) is 0.875. The average Bonchev–Trinajstić information content (AvgIpc) is 3.37. The SMILES string of the molecule is O=C(CN1CCC(c2ccn[nH]2)CC1)Nc1ccnn1C1CCCC1. The van der Waals surface area contributed by atoms with E-state index in [-0.39, 0.29) is 5.91 Å². The van der Waals surface area contributed by atoms with Gasteiger partial charge in [-0.05, 0) is 44.8 Å². The number of carbonyl (C=O) groups is 1. The molecule has 1 saturated carbocycles. The number of H-pyrrole nitrogens is 1. The van der Waals surface area contributed by atoms with Gasteiger partial charge in [-0.2, -0.15) is 10.2 Å². The Morgan fingerprint density at radius 3 is 2.68 bits per heavy atom. The first-order chi connectivity index (χ1) is 12.3. The molecule has 1 amide bonds. The Morgan fingerprint density at radius 2 is 1.96 bits per heavy atom. The molecule has 2 aromatic heterocycles. The molecular formula is C18H26N6O. The zero-order chi connectivity index (χ0) is 17.1. The summed E-state index contributed by atoms with van der Waals surface area (Å²) < 4.78 is 2.00. The zero-order valence-electron chi connectivity index (χ0n) is 14.5. The van der Waals surface area contributed by atoms with Crippen LogP contribution in [-0.2, 0) is 4.79 Å². The van der Waals surface area contributed by atoms with Crippen molar-refractivity contribution in [3.63, 3.8) is 0 Å². The standard InChI is InChI=1S/C18H26N6O/c25-18(21-17-6-10-20-24(17)15-3-1-2-4-15)13-23-11-7-14(8-12-23)16-5-9-19-22-16/h5-6,9-10,14-15H,1-4,7-8,11-13H2,(H,19,22)(H,21,25). The lowest BCUT2D eigenvalue weighted by Crippen LogP contribution is -2.39. The second-order valence-corrected chi connectivity index (χ2v) is 7.21. The molecule has 0 aromatic carbocycles. The maximum Gasteiger partial charge on any atom is 0.239 e. The van der Waals surface area contributed by atoms with Gasteiger partial charge in [0.1, 0.15) is 5.82 Å². The van der Waals surface area contributed by atoms with E-state index < -0.39 is 0 Å². The molecule has 2 aliphatic rings. The fraction of sp³-hybridized carbons (Fsp3) is 0.611. The van der Waals surface area contributed by atoms with E-state index in [2.05, 4.69) is 31.6 Å². The van der Waals surface area contributed by atoms with Gasteiger partial charge in [-0.25, -0.2) is 4.68 Å². The van der Waals surface area contributed by atoms with Crippen molar-refractivity contribution in [3.05, 3.63) is 30.2 Å². The normalized spacial score (nSPS) is 20.2. The van der Waals surface area contributed by atoms with E-state index in [0.29, 0.717) is 18.5 Å². The number of rotatable bonds is 5. The summed E-state index contributed by atoms with van der Waals surface area (Å²) in [6.07, 6.45) is 10.5. The van der Waals surface area contributed by atoms with Crippen LogP contribution in [0, 0.1) is 0 Å². The third-order valence-corrected chi connectivity index (χ3v) is 5.53. The molecule has 2 N–H and O–H groups in total. The van der Waals surface area contributed by atoms with Gasteiger partial charge in [-0.1, -0.05) is 12.8 Å². The highest BCUT2D eigenvalue weighted by Crippen LogP contribution is 2.31. The van der Waals surface area contributed by atoms with E-state index in [1.54, 1.807) is 6.20 Å². The third kappa shape index (κ3) is 3.76. The van der Waals surface area contributed by atoms with Crippen LogP contribution in [-0.4, -0.2) is 50.4 Å². The fourth-order valence-corrected chi connectivity index (χ4v) is 4.13. The maximum absolute atomic E-state index is 12.4. The Morgan fingerprint density at radius 1 is 1.16 bits per heavy atom. The predicted octanol–water partition coefficient (Wildman–Crippen LogP) is 2.54. The average molecular weight is 342 g/mol. The number of aromatic nitrogens is 4. The third-order valence-electron chi connectivity index (χ3n) is 5.53. The number of amides is 1. The molecule has 2 fully saturated rings. The van der Waals surface area contributed by atoms with Gasteiger partial charge in [0.05, 0.1) is 18.8 Å². The van der Waals surface area contributed by atoms with Gasteiger partial charge in [0.2, 0.25) is 5.91 Å². The molecule has 0 atom stereocenters. The van der Waals surface area contributed by atoms with Gasteiger partial charge < -0.3 is 5.32 Å². The van der Waals surface area contributed by atoms with E-state index in [4.69, 9.17) is 0 Å². The molecule has 1 aliphatic heterocycles. The number of piperidine rings is 1. The van der Waals surface area contributed by atoms with Crippen molar-refractivity contribution in [2.45, 2.75) is 50.5 Å². The monoisotopic (exact) mass is 342 g/mol. The molecule has 7 nitrogen and oxygen atoms in total. The summed E-state index contributed by atoms with van der Waals surface area (Å²) in [4.78, 5) is 14.7. The van der Waals surface area contributed by atoms with Crippen molar-refractivity contribution >= 4 is 11.7 Å². The van der Waals surface area contributed by atoms with Crippen LogP contribution in [0.1, 0.15) is 56.2 Å². The van der Waals surface area contributed by atoms with Crippen LogP contribution in [0.4, 0.5) is 5.82 Å². The number of aromatic amines is 1. The summed E-state index contributed by atoms with van der Waals surface area (Å²) in [6.45, 7) is 2.34. The van der Waals surface area contributed by atoms with Gasteiger partial charge in [0.15, 0.2) is 0 Å². The van der Waals surface area contributed by atoms with E-state index in [1.165, 1.54) is 18.5 Å². The molecule has 3 heterocycles. The summed E-state index contributed by atoms with van der Waals surface area (Å²) in [5.74, 6) is 1.43. The molecule has 2 aromatic rings. The number of anilines is 1. The summed E-state index contributed by atoms with van der Waals surface area (Å²) >= 11 is 0. The highest BCUT2D eigenvalue weighted by Gasteiger charge is 2.24. The highest BCUT2D eigenvalue weighted by atomic mass is 16.2. The number of likely N-dealkylation sites (tertiary alicyclic amines) is 1. The van der Waals surface area contributed by atoms with Gasteiger partial charge in [-0.15, -0.1) is 0 Å². The van der Waals surface area contributed by atoms with Crippen LogP contribution >= 0.6 is 0 Å². The molecule has 134 valence electrons. The van der Waals surface area contributed by atoms with Crippen LogP contribution in [0.5, 0.6) is 0 Å². The molecule has 0 bridgehead atoms. The van der Waals surface area contributed by atoms with Gasteiger partial charge in [0.25, 0.3) is 0 Å². The molecule has 0 spiro atoms. The lowest BCUT2D eigenvalue weighted by molar-refractivity contribution is -0.117. The first kappa shape index (κ1) is 16.3. The van der Waals surface area contributed by atoms with Crippen molar-refractivity contribution in [3.8, 4) is 0 Å². The Bertz CT molecular complexity index is 680. The molecule has 4 rings (SSSR count). The lowest BCUT2D eigenvalue weighted by atomic mass is 9.94. The van der Waals surface area contributed by atoms with Crippen molar-refractivity contribution in [1.29, 1.82) is 0 Å². The zero-order valence-corrected chi connectivity index (χ0v) is 14.5. The molecule has 0 radical (unpaired) electrons. The van der Waals surface area contributed by atoms with E-state index in [1.807, 2.05) is 16.9 Å². The molecule has 1 saturated heterocycles. The second kappa shape index (κ2) is 7.39. The number of hydrogen-bond acceptors (Lipinski definition) is 4. The highest BCUT2D eigenvalue weighted by molar-refractivity contribution is 5.91. The van der Waals surface area contributed by atoms with Gasteiger partial charge >= 0.3 is 0 Å². The van der Waals surface area contributed by atoms with Crippen LogP contribution < -0.4 is 5.32 Å². The minimum absolute atomic E-state index is 0.0553. The van der Waals surface area contributed by atoms with E-state index in [0.717, 1.165) is 44.6 Å². The van der Waals surface area contributed by atoms with E-state index >= 15 is 0 Å². The predicted molar refractivity (Wildman–Crippen MR) is 95.4 cm³/mol. The Kier molecular flexibility index (Phi) is 4.83. The molecule has 7 heteroatoms. The van der Waals surface area contributed by atoms with Crippen LogP contribution in [0.15, 0.2) is 24.5 Å². The lowest BCUT2D eigenvalue weighted by Gasteiger charge is -2.30. The van der Waals surface area contributed by atoms with Crippen molar-refractivity contribution in [2.24, 2.45) is 0 Å². The van der Waals surface area contributed by atoms with Crippen LogP contribution in [0.2, 0.25) is 0 Å². The van der Waals surface area contributed by atoms with Crippen LogP contribution in [0.3, 0.4) is 0 Å². The summed E-state index contributed by atoms with van der Waals surface area (Å²) in [6, 6.07) is 4.40. The summed E-state index contributed by atoms with van der Waals surface area (Å²) in [5, 5.41) is 14.6. The first-order valence-corrected chi connectivity index (χ1v) is 9.34. The summed E-state index contributed by atoms with van der Waals surface area (Å²) in [7, 11) is 0. The second-order valence-electron chi connectivity index (χ2n) is 7.21. The Hall–Kier alpha value is -2.15. The minimum Gasteiger partial charge on any atom is -0.310 e. The maximum atomic E-state index is 12.4. The largest absolute Gasteiger partial charge is 0.310 e. The first-order valence-electron chi connectivity index (χ1n) is 9.34. The number of carbonyl (C=O) groups excluding carboxylic acids is 1. The molecular weight excluding hydrogens is 316 g/mol. The number of nitrogens with zero attached hydrogens (tertiary/aromatic N) is 4. The smallest absolute Gasteiger partial charge is 0.239 e. The number of hydrogen-bond donors (Lipinski definition) is 2. The van der Waals surface area contributed by atoms with Crippen molar-refractivity contribution < 1.29 is 4.79 Å². The van der Waals surface area contributed by atoms with Crippen molar-refractivity contribution in [2.75, 3.05) is 25.0 Å². The number of nitrogens with one attached hydrogen (secondary N) is 2. The topological polar surface area (TPSA) is 78.8 Å². The Balaban J connectivity index is 1.28. The Labute approximate surface area is 147 Å². The van der Waals surface area contributed by atoms with Gasteiger partial charge in [-0.3, -0.25) is 14.8 Å². The molecule has 1 aliphatic carbocycles. The molecule has 25 heavy (non-hydrogen) atoms. The van der Waals surface area contributed by atoms with Gasteiger partial charge in [0, 0.05) is 23.9 Å². The van der Waals surface area contributed by atoms with E-state index in [9.17, 15) is 4.79 Å². The summed E-state index contributed by atoms with van der Waals surface area (Å²) in [5.41, 5.74) is 1.21. The minimum atomic E-state index is 0.0553. The van der Waals surface area contributed by atoms with Crippen molar-refractivity contribution in [1.82, 2.24) is 24.9 Å². The fourth-order valence-electron chi connectivity index (χ4n) is 4.13. The van der Waals surface area contributed by atoms with Crippen LogP contribution in [0.25, 0.3) is 0 Å². The molecule has 0 unspecified atom stereocenters.